The molecule has 12 nitrogen and oxygen atoms in total. The lowest BCUT2D eigenvalue weighted by atomic mass is 9.86. The van der Waals surface area contributed by atoms with Crippen LogP contribution >= 0.6 is 74.4 Å². The zero-order valence-corrected chi connectivity index (χ0v) is 34.5. The molecule has 2 aliphatic rings. The summed E-state index contributed by atoms with van der Waals surface area (Å²) in [6.45, 7) is 8.94. The van der Waals surface area contributed by atoms with Gasteiger partial charge in [0.05, 0.1) is 0 Å². The van der Waals surface area contributed by atoms with Gasteiger partial charge in [0, 0.05) is 46.1 Å². The Bertz CT molecular complexity index is 1210. The Labute approximate surface area is 345 Å². The lowest BCUT2D eigenvalue weighted by molar-refractivity contribution is 0.0587. The number of nitrogens with one attached hydrogen (secondary N) is 4. The van der Waals surface area contributed by atoms with Gasteiger partial charge in [0.1, 0.15) is 0 Å². The molecular formula is C34H58Cl6N8O4. The van der Waals surface area contributed by atoms with E-state index in [1.807, 2.05) is 0 Å². The summed E-state index contributed by atoms with van der Waals surface area (Å²) in [6.07, 6.45) is 7.45. The highest BCUT2D eigenvalue weighted by Gasteiger charge is 2.39. The van der Waals surface area contributed by atoms with Crippen LogP contribution in [0.1, 0.15) is 92.8 Å². The minimum Gasteiger partial charge on any atom is -0.330 e. The van der Waals surface area contributed by atoms with Crippen molar-refractivity contribution in [2.24, 2.45) is 11.5 Å². The van der Waals surface area contributed by atoms with E-state index < -0.39 is 0 Å². The molecule has 2 heterocycles. The molecule has 0 unspecified atom stereocenters. The van der Waals surface area contributed by atoms with Crippen LogP contribution in [0.2, 0.25) is 0 Å². The number of carbonyl (C=O) groups is 4. The van der Waals surface area contributed by atoms with Gasteiger partial charge in [-0.15, -0.1) is 74.4 Å². The molecule has 4 amide bonds. The second kappa shape index (κ2) is 29.8. The molecule has 8 N–H and O–H groups in total. The van der Waals surface area contributed by atoms with E-state index in [4.69, 9.17) is 11.5 Å². The molecule has 2 aliphatic heterocycles. The van der Waals surface area contributed by atoms with Gasteiger partial charge < -0.3 is 32.7 Å². The van der Waals surface area contributed by atoms with Crippen molar-refractivity contribution < 1.29 is 19.2 Å². The highest BCUT2D eigenvalue weighted by Crippen LogP contribution is 2.37. The Balaban J connectivity index is -0.00000400. The van der Waals surface area contributed by atoms with Crippen molar-refractivity contribution >= 4 is 109 Å². The number of nitrogens with zero attached hydrogens (tertiary/aromatic N) is 2. The number of carbonyl (C=O) groups excluding carboxylic acids is 4. The Morgan fingerprint density at radius 3 is 0.865 bits per heavy atom. The van der Waals surface area contributed by atoms with Crippen LogP contribution in [0, 0.1) is 0 Å². The first-order valence-electron chi connectivity index (χ1n) is 17.1. The highest BCUT2D eigenvalue weighted by atomic mass is 35.5. The van der Waals surface area contributed by atoms with E-state index in [0.717, 1.165) is 77.8 Å². The maximum Gasteiger partial charge on any atom is 0.261 e. The maximum atomic E-state index is 13.5. The zero-order chi connectivity index (χ0) is 32.7. The fraction of sp³-hybridized carbons (Fsp3) is 0.588. The number of benzene rings is 2. The van der Waals surface area contributed by atoms with E-state index in [9.17, 15) is 19.2 Å². The third-order valence-corrected chi connectivity index (χ3v) is 8.56. The number of amides is 4. The number of hydrogen-bond donors (Lipinski definition) is 6. The molecule has 52 heavy (non-hydrogen) atoms. The first-order chi connectivity index (χ1) is 22.5. The normalized spacial score (nSPS) is 12.7. The van der Waals surface area contributed by atoms with E-state index in [2.05, 4.69) is 21.3 Å². The molecule has 0 spiro atoms. The van der Waals surface area contributed by atoms with Crippen LogP contribution in [-0.2, 0) is 0 Å². The average Bonchev–Trinajstić information content (AvgIpc) is 3.06. The molecule has 0 radical (unpaired) electrons. The fourth-order valence-corrected chi connectivity index (χ4v) is 6.06. The van der Waals surface area contributed by atoms with E-state index in [0.29, 0.717) is 85.1 Å². The fourth-order valence-electron chi connectivity index (χ4n) is 6.06. The largest absolute Gasteiger partial charge is 0.330 e. The topological polar surface area (TPSA) is 175 Å². The molecule has 0 saturated carbocycles. The molecule has 300 valence electrons. The van der Waals surface area contributed by atoms with Crippen LogP contribution in [0.15, 0.2) is 24.3 Å². The summed E-state index contributed by atoms with van der Waals surface area (Å²) < 4.78 is 0. The van der Waals surface area contributed by atoms with E-state index in [1.165, 1.54) is 9.80 Å². The first-order valence-corrected chi connectivity index (χ1v) is 17.1. The third kappa shape index (κ3) is 14.6. The monoisotopic (exact) mass is 852 g/mol. The minimum atomic E-state index is -0.385. The standard InChI is InChI=1S/C34H52N8O4.6ClH/c35-13-5-19-37-15-1-3-17-39-21-7-23-41-31(43)25-9-11-27-30-28(12-10-26(29(25)30)32(41)44)34(46)42(33(27)45)24-8-22-40-18-4-2-16-38-20-6-14-36;;;;;;/h9-12,37-40H,1-8,13-24,35-36H2;6*1H. The van der Waals surface area contributed by atoms with Crippen molar-refractivity contribution in [1.82, 2.24) is 31.1 Å². The van der Waals surface area contributed by atoms with Crippen LogP contribution in [0.25, 0.3) is 10.8 Å². The minimum absolute atomic E-state index is 0. The van der Waals surface area contributed by atoms with Crippen LogP contribution in [0.5, 0.6) is 0 Å². The summed E-state index contributed by atoms with van der Waals surface area (Å²) in [7, 11) is 0. The summed E-state index contributed by atoms with van der Waals surface area (Å²) in [5.74, 6) is -1.54. The Morgan fingerprint density at radius 2 is 0.615 bits per heavy atom. The van der Waals surface area contributed by atoms with Crippen molar-refractivity contribution in [2.75, 3.05) is 78.5 Å². The van der Waals surface area contributed by atoms with Crippen molar-refractivity contribution in [3.8, 4) is 0 Å². The van der Waals surface area contributed by atoms with Gasteiger partial charge in [0.2, 0.25) is 0 Å². The summed E-state index contributed by atoms with van der Waals surface area (Å²) in [6, 6.07) is 6.52. The number of rotatable bonds is 24. The summed E-state index contributed by atoms with van der Waals surface area (Å²) in [5.41, 5.74) is 12.4. The number of hydrogen-bond acceptors (Lipinski definition) is 10. The maximum absolute atomic E-state index is 13.5. The van der Waals surface area contributed by atoms with Crippen molar-refractivity contribution in [3.63, 3.8) is 0 Å². The van der Waals surface area contributed by atoms with Gasteiger partial charge in [0.25, 0.3) is 23.6 Å². The number of imide groups is 2. The molecule has 0 aliphatic carbocycles. The smallest absolute Gasteiger partial charge is 0.261 e. The van der Waals surface area contributed by atoms with Crippen LogP contribution < -0.4 is 32.7 Å². The molecule has 0 fully saturated rings. The van der Waals surface area contributed by atoms with Gasteiger partial charge in [-0.1, -0.05) is 0 Å². The summed E-state index contributed by atoms with van der Waals surface area (Å²) in [4.78, 5) is 56.5. The highest BCUT2D eigenvalue weighted by molar-refractivity contribution is 6.33. The Morgan fingerprint density at radius 1 is 0.385 bits per heavy atom. The molecule has 2 aromatic carbocycles. The summed E-state index contributed by atoms with van der Waals surface area (Å²) >= 11 is 0. The first kappa shape index (κ1) is 54.8. The van der Waals surface area contributed by atoms with E-state index in [1.54, 1.807) is 24.3 Å². The number of nitrogens with two attached hydrogens (primary N) is 2. The quantitative estimate of drug-likeness (QED) is 0.0671. The van der Waals surface area contributed by atoms with Gasteiger partial charge in [-0.3, -0.25) is 29.0 Å². The van der Waals surface area contributed by atoms with Crippen molar-refractivity contribution in [2.45, 2.75) is 51.4 Å². The van der Waals surface area contributed by atoms with Crippen LogP contribution in [0.3, 0.4) is 0 Å². The second-order valence-corrected chi connectivity index (χ2v) is 12.0. The number of halogens is 6. The van der Waals surface area contributed by atoms with E-state index in [-0.39, 0.29) is 98.1 Å². The van der Waals surface area contributed by atoms with Gasteiger partial charge in [-0.2, -0.15) is 0 Å². The van der Waals surface area contributed by atoms with E-state index >= 15 is 0 Å². The van der Waals surface area contributed by atoms with Crippen molar-refractivity contribution in [1.29, 1.82) is 0 Å². The number of unbranched alkanes of at least 4 members (excludes halogenated alkanes) is 2. The van der Waals surface area contributed by atoms with Gasteiger partial charge in [-0.05, 0) is 141 Å². The van der Waals surface area contributed by atoms with Crippen molar-refractivity contribution in [3.05, 3.63) is 46.5 Å². The molecule has 4 rings (SSSR count). The SMILES string of the molecule is Cl.Cl.Cl.Cl.Cl.Cl.NCCCNCCCCNCCCN1C(=O)c2ccc3c4c(ccc(c24)C1=O)C(=O)N(CCCNCCCCNCCCN)C3=O. The molecule has 0 atom stereocenters. The average molecular weight is 856 g/mol. The lowest BCUT2D eigenvalue weighted by Crippen LogP contribution is -2.44. The summed E-state index contributed by atoms with van der Waals surface area (Å²) in [5, 5.41) is 14.3. The second-order valence-electron chi connectivity index (χ2n) is 12.0. The predicted octanol–water partition coefficient (Wildman–Crippen LogP) is 3.96. The van der Waals surface area contributed by atoms with Crippen LogP contribution in [-0.4, -0.2) is 112 Å². The Hall–Kier alpha value is -1.52. The third-order valence-electron chi connectivity index (χ3n) is 8.56. The molecule has 0 bridgehead atoms. The lowest BCUT2D eigenvalue weighted by Gasteiger charge is -2.32. The molecule has 0 saturated heterocycles. The van der Waals surface area contributed by atoms with Gasteiger partial charge >= 0.3 is 0 Å². The Kier molecular flexibility index (Phi) is 31.4. The molecule has 18 heteroatoms. The van der Waals surface area contributed by atoms with Gasteiger partial charge in [0.15, 0.2) is 0 Å². The molecule has 2 aromatic rings. The van der Waals surface area contributed by atoms with Gasteiger partial charge in [-0.25, -0.2) is 0 Å². The molecular weight excluding hydrogens is 797 g/mol. The zero-order valence-electron chi connectivity index (χ0n) is 29.6. The predicted molar refractivity (Wildman–Crippen MR) is 225 cm³/mol. The van der Waals surface area contributed by atoms with Crippen LogP contribution in [0.4, 0.5) is 0 Å². The molecule has 0 aromatic heterocycles.